The fourth-order valence-electron chi connectivity index (χ4n) is 5.55. The number of fused-ring (bicyclic) bond motifs is 1. The van der Waals surface area contributed by atoms with E-state index < -0.39 is 14.4 Å². The molecule has 0 saturated heterocycles. The summed E-state index contributed by atoms with van der Waals surface area (Å²) in [4.78, 5) is 23.2. The summed E-state index contributed by atoms with van der Waals surface area (Å²) < 4.78 is 36.8. The lowest BCUT2D eigenvalue weighted by atomic mass is 10.1. The molecule has 4 aromatic heterocycles. The van der Waals surface area contributed by atoms with Crippen molar-refractivity contribution in [1.82, 2.24) is 0 Å². The van der Waals surface area contributed by atoms with Gasteiger partial charge in [-0.05, 0) is 83.2 Å². The second-order valence-electron chi connectivity index (χ2n) is 10.5. The molecule has 0 fully saturated rings. The van der Waals surface area contributed by atoms with E-state index in [0.717, 1.165) is 48.2 Å². The van der Waals surface area contributed by atoms with Crippen molar-refractivity contribution < 1.29 is 27.2 Å². The molecule has 0 spiro atoms. The van der Waals surface area contributed by atoms with Gasteiger partial charge in [0.25, 0.3) is 0 Å². The van der Waals surface area contributed by atoms with Gasteiger partial charge < -0.3 is 32.1 Å². The lowest BCUT2D eigenvalue weighted by Crippen LogP contribution is -2.55. The minimum atomic E-state index is -3.10. The van der Waals surface area contributed by atoms with Gasteiger partial charge in [0.2, 0.25) is 5.70 Å². The van der Waals surface area contributed by atoms with Crippen LogP contribution in [0.4, 0.5) is 5.69 Å². The summed E-state index contributed by atoms with van der Waals surface area (Å²) >= 11 is 4.37. The molecule has 49 heavy (non-hydrogen) atoms. The van der Waals surface area contributed by atoms with E-state index in [1.807, 2.05) is 75.4 Å². The molecule has 0 aliphatic heterocycles. The van der Waals surface area contributed by atoms with E-state index in [1.54, 1.807) is 14.2 Å². The van der Waals surface area contributed by atoms with Crippen LogP contribution in [0.1, 0.15) is 44.4 Å². The Morgan fingerprint density at radius 2 is 1.53 bits per heavy atom. The minimum Gasteiger partial charge on any atom is -0.493 e. The number of ether oxygens (including phenoxy) is 2. The molecular weight excluding hydrogens is 697 g/mol. The van der Waals surface area contributed by atoms with Gasteiger partial charge in [0.05, 0.1) is 40.6 Å². The Hall–Kier alpha value is -3.74. The second-order valence-corrected chi connectivity index (χ2v) is 16.6. The maximum Gasteiger partial charge on any atom is 0.547 e. The molecule has 0 N–H and O–H groups in total. The van der Waals surface area contributed by atoms with Gasteiger partial charge in [0.15, 0.2) is 11.5 Å². The van der Waals surface area contributed by atoms with Crippen LogP contribution >= 0.6 is 34.0 Å². The highest BCUT2D eigenvalue weighted by atomic mass is 32.1. The molecule has 0 unspecified atom stereocenters. The number of nitrogens with zero attached hydrogens (tertiary/aromatic N) is 2. The SMILES string of the molecule is [C-]#[N+]/C(=C\c1ccc(-c2cc3ccc(N(CC)CC)cc3oc2=O)s1)c1sc(-c2ccc([Si](OCC)(OCC)OCC)s2)c(OC)c1OC. The number of thiophene rings is 3. The number of anilines is 1. The highest BCUT2D eigenvalue weighted by Gasteiger charge is 2.45. The minimum absolute atomic E-state index is 0.396. The average Bonchev–Trinajstić information content (AvgIpc) is 3.86. The molecule has 0 radical (unpaired) electrons. The van der Waals surface area contributed by atoms with E-state index in [-0.39, 0.29) is 0 Å². The van der Waals surface area contributed by atoms with E-state index in [2.05, 4.69) is 23.6 Å². The van der Waals surface area contributed by atoms with Crippen LogP contribution in [0.3, 0.4) is 0 Å². The van der Waals surface area contributed by atoms with Crippen molar-refractivity contribution in [3.8, 4) is 31.7 Å². The van der Waals surface area contributed by atoms with Gasteiger partial charge in [-0.15, -0.1) is 34.0 Å². The Bertz CT molecular complexity index is 2020. The molecule has 0 amide bonds. The predicted molar refractivity (Wildman–Crippen MR) is 205 cm³/mol. The van der Waals surface area contributed by atoms with Gasteiger partial charge in [-0.1, -0.05) is 0 Å². The second kappa shape index (κ2) is 16.3. The zero-order chi connectivity index (χ0) is 35.1. The van der Waals surface area contributed by atoms with Crippen molar-refractivity contribution in [3.05, 3.63) is 80.1 Å². The molecule has 258 valence electrons. The fraction of sp³-hybridized carbons (Fsp3) is 0.333. The Morgan fingerprint density at radius 1 is 0.857 bits per heavy atom. The van der Waals surface area contributed by atoms with Crippen molar-refractivity contribution in [3.63, 3.8) is 0 Å². The van der Waals surface area contributed by atoms with Crippen molar-refractivity contribution in [2.45, 2.75) is 34.6 Å². The number of rotatable bonds is 16. The lowest BCUT2D eigenvalue weighted by Gasteiger charge is -2.27. The number of methoxy groups -OCH3 is 2. The number of benzene rings is 1. The third-order valence-electron chi connectivity index (χ3n) is 7.74. The predicted octanol–water partition coefficient (Wildman–Crippen LogP) is 8.85. The smallest absolute Gasteiger partial charge is 0.493 e. The highest BCUT2D eigenvalue weighted by Crippen LogP contribution is 2.52. The Balaban J connectivity index is 1.51. The van der Waals surface area contributed by atoms with Crippen LogP contribution in [-0.4, -0.2) is 55.9 Å². The standard InChI is InChI=1S/C36H40N2O7S3Si/c1-9-38(10-2)24-15-14-23-20-26(36(39)45-28(23)21-24)29-17-16-25(46-29)22-27(37-6)34-32(40-7)33(41-8)35(48-34)30-18-19-31(47-30)49(42-11-3,43-12-4)44-13-5/h14-22H,9-13H2,1-5,7-8H3/b27-22-. The average molecular weight is 737 g/mol. The quantitative estimate of drug-likeness (QED) is 0.0565. The number of hydrogen-bond donors (Lipinski definition) is 0. The zero-order valence-corrected chi connectivity index (χ0v) is 32.2. The molecule has 0 saturated carbocycles. The normalized spacial score (nSPS) is 12.0. The first-order valence-corrected chi connectivity index (χ1v) is 20.3. The zero-order valence-electron chi connectivity index (χ0n) is 28.7. The van der Waals surface area contributed by atoms with Gasteiger partial charge in [-0.2, -0.15) is 0 Å². The van der Waals surface area contributed by atoms with E-state index in [0.29, 0.717) is 53.0 Å². The summed E-state index contributed by atoms with van der Waals surface area (Å²) in [7, 11) is 0.0685. The van der Waals surface area contributed by atoms with Crippen molar-refractivity contribution in [1.29, 1.82) is 0 Å². The summed E-state index contributed by atoms with van der Waals surface area (Å²) in [5, 5.41) is 0.848. The first-order valence-electron chi connectivity index (χ1n) is 16.1. The largest absolute Gasteiger partial charge is 0.547 e. The Labute approximate surface area is 300 Å². The molecule has 0 aliphatic rings. The summed E-state index contributed by atoms with van der Waals surface area (Å²) in [5.41, 5.74) is 2.05. The van der Waals surface area contributed by atoms with E-state index in [4.69, 9.17) is 33.7 Å². The van der Waals surface area contributed by atoms with Crippen LogP contribution in [0.15, 0.2) is 57.7 Å². The fourth-order valence-corrected chi connectivity index (χ4v) is 12.0. The monoisotopic (exact) mass is 736 g/mol. The van der Waals surface area contributed by atoms with E-state index in [9.17, 15) is 4.79 Å². The highest BCUT2D eigenvalue weighted by molar-refractivity contribution is 7.29. The molecule has 0 bridgehead atoms. The Kier molecular flexibility index (Phi) is 12.2. The van der Waals surface area contributed by atoms with Crippen molar-refractivity contribution in [2.24, 2.45) is 0 Å². The van der Waals surface area contributed by atoms with Gasteiger partial charge in [-0.25, -0.2) is 9.64 Å². The molecule has 4 heterocycles. The van der Waals surface area contributed by atoms with Crippen LogP contribution in [0, 0.1) is 6.57 Å². The molecule has 0 aliphatic carbocycles. The third-order valence-corrected chi connectivity index (χ3v) is 14.9. The van der Waals surface area contributed by atoms with Gasteiger partial charge >= 0.3 is 14.4 Å². The molecule has 13 heteroatoms. The van der Waals surface area contributed by atoms with Crippen molar-refractivity contribution in [2.75, 3.05) is 52.0 Å². The summed E-state index contributed by atoms with van der Waals surface area (Å²) in [6.07, 6.45) is 1.81. The van der Waals surface area contributed by atoms with Crippen LogP contribution in [0.25, 0.3) is 47.8 Å². The van der Waals surface area contributed by atoms with Gasteiger partial charge in [-0.3, -0.25) is 0 Å². The van der Waals surface area contributed by atoms with Crippen LogP contribution < -0.4 is 24.5 Å². The molecule has 0 atom stereocenters. The van der Waals surface area contributed by atoms with Gasteiger partial charge in [0.1, 0.15) is 5.58 Å². The topological polar surface area (TPSA) is 84.0 Å². The molecule has 5 rings (SSSR count). The van der Waals surface area contributed by atoms with Gasteiger partial charge in [0, 0.05) is 64.7 Å². The van der Waals surface area contributed by atoms with Crippen molar-refractivity contribution >= 4 is 75.7 Å². The maximum atomic E-state index is 13.1. The number of hydrogen-bond acceptors (Lipinski definition) is 11. The summed E-state index contributed by atoms with van der Waals surface area (Å²) in [6.45, 7) is 21.2. The summed E-state index contributed by atoms with van der Waals surface area (Å²) in [6, 6.07) is 15.6. The lowest BCUT2D eigenvalue weighted by molar-refractivity contribution is 0.0866. The van der Waals surface area contributed by atoms with Crippen LogP contribution in [-0.2, 0) is 13.3 Å². The maximum absolute atomic E-state index is 13.1. The molecule has 1 aromatic carbocycles. The Morgan fingerprint density at radius 3 is 2.14 bits per heavy atom. The first-order chi connectivity index (χ1) is 23.8. The molecular formula is C36H40N2O7S3Si. The van der Waals surface area contributed by atoms with Crippen LogP contribution in [0.2, 0.25) is 0 Å². The summed E-state index contributed by atoms with van der Waals surface area (Å²) in [5.74, 6) is 1.03. The third kappa shape index (κ3) is 7.41. The van der Waals surface area contributed by atoms with Crippen LogP contribution in [0.5, 0.6) is 11.5 Å². The first kappa shape index (κ1) is 36.5. The molecule has 5 aromatic rings. The van der Waals surface area contributed by atoms with E-state index in [1.165, 1.54) is 34.0 Å². The van der Waals surface area contributed by atoms with E-state index >= 15 is 0 Å². The molecule has 9 nitrogen and oxygen atoms in total.